The Kier molecular flexibility index (Phi) is 3.16. The molecule has 1 atom stereocenters. The Hall–Kier alpha value is -2.50. The lowest BCUT2D eigenvalue weighted by Gasteiger charge is -2.07. The van der Waals surface area contributed by atoms with Crippen LogP contribution in [-0.2, 0) is 14.3 Å². The summed E-state index contributed by atoms with van der Waals surface area (Å²) in [6.07, 6.45) is -1.48. The van der Waals surface area contributed by atoms with E-state index in [1.807, 2.05) is 0 Å². The molecule has 0 saturated carbocycles. The first kappa shape index (κ1) is 12.9. The SMILES string of the molecule is CC(=O)Oc1cccc2c1C(=O)C(OC(C)=O)C2=O. The highest BCUT2D eigenvalue weighted by Gasteiger charge is 2.43. The van der Waals surface area contributed by atoms with Crippen LogP contribution in [0.15, 0.2) is 18.2 Å². The van der Waals surface area contributed by atoms with Crippen LogP contribution >= 0.6 is 0 Å². The first-order valence-corrected chi connectivity index (χ1v) is 5.49. The van der Waals surface area contributed by atoms with Gasteiger partial charge in [-0.2, -0.15) is 0 Å². The van der Waals surface area contributed by atoms with E-state index < -0.39 is 29.6 Å². The molecule has 6 nitrogen and oxygen atoms in total. The van der Waals surface area contributed by atoms with Crippen LogP contribution in [0, 0.1) is 0 Å². The Bertz CT molecular complexity index is 601. The van der Waals surface area contributed by atoms with Gasteiger partial charge in [-0.05, 0) is 6.07 Å². The summed E-state index contributed by atoms with van der Waals surface area (Å²) in [5, 5.41) is 0. The van der Waals surface area contributed by atoms with Crippen molar-refractivity contribution in [1.29, 1.82) is 0 Å². The predicted molar refractivity (Wildman–Crippen MR) is 62.0 cm³/mol. The van der Waals surface area contributed by atoms with E-state index in [0.717, 1.165) is 6.92 Å². The van der Waals surface area contributed by atoms with Gasteiger partial charge in [0.15, 0.2) is 0 Å². The van der Waals surface area contributed by atoms with Gasteiger partial charge in [-0.25, -0.2) is 0 Å². The Labute approximate surface area is 108 Å². The lowest BCUT2D eigenvalue weighted by molar-refractivity contribution is -0.142. The molecule has 0 heterocycles. The highest BCUT2D eigenvalue weighted by Crippen LogP contribution is 2.32. The zero-order valence-electron chi connectivity index (χ0n) is 10.3. The maximum Gasteiger partial charge on any atom is 0.308 e. The van der Waals surface area contributed by atoms with Gasteiger partial charge in [-0.15, -0.1) is 0 Å². The Morgan fingerprint density at radius 3 is 2.32 bits per heavy atom. The largest absolute Gasteiger partial charge is 0.446 e. The molecule has 0 amide bonds. The number of ketones is 2. The van der Waals surface area contributed by atoms with Crippen molar-refractivity contribution < 1.29 is 28.7 Å². The first-order chi connectivity index (χ1) is 8.91. The van der Waals surface area contributed by atoms with Gasteiger partial charge in [0, 0.05) is 19.4 Å². The number of Topliss-reactive ketones (excluding diaryl/α,β-unsaturated/α-hetero) is 2. The van der Waals surface area contributed by atoms with E-state index in [1.165, 1.54) is 25.1 Å². The zero-order chi connectivity index (χ0) is 14.2. The van der Waals surface area contributed by atoms with Crippen LogP contribution in [0.2, 0.25) is 0 Å². The van der Waals surface area contributed by atoms with E-state index in [1.54, 1.807) is 0 Å². The van der Waals surface area contributed by atoms with Crippen LogP contribution in [0.4, 0.5) is 0 Å². The molecule has 0 fully saturated rings. The van der Waals surface area contributed by atoms with Crippen molar-refractivity contribution in [2.45, 2.75) is 20.0 Å². The van der Waals surface area contributed by atoms with Gasteiger partial charge in [0.1, 0.15) is 5.75 Å². The molecule has 0 aromatic heterocycles. The highest BCUT2D eigenvalue weighted by atomic mass is 16.6. The number of hydrogen-bond donors (Lipinski definition) is 0. The molecule has 1 aliphatic carbocycles. The Balaban J connectivity index is 2.47. The van der Waals surface area contributed by atoms with E-state index in [0.29, 0.717) is 0 Å². The molecule has 19 heavy (non-hydrogen) atoms. The van der Waals surface area contributed by atoms with Crippen LogP contribution in [0.1, 0.15) is 34.6 Å². The smallest absolute Gasteiger partial charge is 0.308 e. The summed E-state index contributed by atoms with van der Waals surface area (Å²) < 4.78 is 9.58. The number of esters is 2. The molecule has 0 bridgehead atoms. The summed E-state index contributed by atoms with van der Waals surface area (Å²) in [7, 11) is 0. The van der Waals surface area contributed by atoms with Crippen LogP contribution in [0.25, 0.3) is 0 Å². The quantitative estimate of drug-likeness (QED) is 0.447. The molecule has 6 heteroatoms. The topological polar surface area (TPSA) is 86.7 Å². The molecule has 0 N–H and O–H groups in total. The maximum absolute atomic E-state index is 12.1. The molecule has 0 aliphatic heterocycles. The van der Waals surface area contributed by atoms with Gasteiger partial charge < -0.3 is 9.47 Å². The minimum Gasteiger partial charge on any atom is -0.446 e. The van der Waals surface area contributed by atoms with Gasteiger partial charge in [0.05, 0.1) is 5.56 Å². The fourth-order valence-corrected chi connectivity index (χ4v) is 1.89. The third kappa shape index (κ3) is 2.24. The second kappa shape index (κ2) is 4.64. The molecule has 0 spiro atoms. The zero-order valence-corrected chi connectivity index (χ0v) is 10.3. The van der Waals surface area contributed by atoms with Crippen molar-refractivity contribution in [3.63, 3.8) is 0 Å². The number of benzene rings is 1. The molecule has 1 aromatic carbocycles. The molecular formula is C13H10O6. The average molecular weight is 262 g/mol. The number of hydrogen-bond acceptors (Lipinski definition) is 6. The van der Waals surface area contributed by atoms with Gasteiger partial charge in [0.2, 0.25) is 17.7 Å². The monoisotopic (exact) mass is 262 g/mol. The lowest BCUT2D eigenvalue weighted by atomic mass is 10.1. The number of fused-ring (bicyclic) bond motifs is 1. The molecule has 1 aliphatic rings. The molecule has 98 valence electrons. The average Bonchev–Trinajstić information content (AvgIpc) is 2.54. The molecule has 0 radical (unpaired) electrons. The summed E-state index contributed by atoms with van der Waals surface area (Å²) in [4.78, 5) is 45.8. The summed E-state index contributed by atoms with van der Waals surface area (Å²) in [6.45, 7) is 2.29. The van der Waals surface area contributed by atoms with Gasteiger partial charge in [-0.1, -0.05) is 12.1 Å². The number of rotatable bonds is 2. The van der Waals surface area contributed by atoms with Gasteiger partial charge in [0.25, 0.3) is 0 Å². The lowest BCUT2D eigenvalue weighted by Crippen LogP contribution is -2.27. The van der Waals surface area contributed by atoms with Crippen LogP contribution in [0.3, 0.4) is 0 Å². The van der Waals surface area contributed by atoms with E-state index in [4.69, 9.17) is 9.47 Å². The number of ether oxygens (including phenoxy) is 2. The molecule has 1 aromatic rings. The third-order valence-electron chi connectivity index (χ3n) is 2.55. The van der Waals surface area contributed by atoms with Crippen LogP contribution < -0.4 is 4.74 Å². The second-order valence-electron chi connectivity index (χ2n) is 3.99. The van der Waals surface area contributed by atoms with Crippen molar-refractivity contribution in [1.82, 2.24) is 0 Å². The van der Waals surface area contributed by atoms with Gasteiger partial charge in [-0.3, -0.25) is 19.2 Å². The minimum absolute atomic E-state index is 0.00185. The Morgan fingerprint density at radius 1 is 1.05 bits per heavy atom. The highest BCUT2D eigenvalue weighted by molar-refractivity contribution is 6.30. The van der Waals surface area contributed by atoms with Crippen molar-refractivity contribution in [2.24, 2.45) is 0 Å². The van der Waals surface area contributed by atoms with Crippen molar-refractivity contribution >= 4 is 23.5 Å². The summed E-state index contributed by atoms with van der Waals surface area (Å²) in [5.74, 6) is -2.62. The first-order valence-electron chi connectivity index (χ1n) is 5.49. The predicted octanol–water partition coefficient (Wildman–Crippen LogP) is 0.923. The van der Waals surface area contributed by atoms with Crippen LogP contribution in [0.5, 0.6) is 5.75 Å². The van der Waals surface area contributed by atoms with Crippen molar-refractivity contribution in [2.75, 3.05) is 0 Å². The van der Waals surface area contributed by atoms with E-state index >= 15 is 0 Å². The molecular weight excluding hydrogens is 252 g/mol. The standard InChI is InChI=1S/C13H10O6/c1-6(14)18-9-5-3-4-8-10(9)12(17)13(11(8)16)19-7(2)15/h3-5,13H,1-2H3. The van der Waals surface area contributed by atoms with Crippen molar-refractivity contribution in [3.05, 3.63) is 29.3 Å². The summed E-state index contributed by atoms with van der Waals surface area (Å²) in [5.41, 5.74) is 0.0731. The summed E-state index contributed by atoms with van der Waals surface area (Å²) >= 11 is 0. The number of carbonyl (C=O) groups excluding carboxylic acids is 4. The minimum atomic E-state index is -1.48. The molecule has 1 unspecified atom stereocenters. The molecule has 2 rings (SSSR count). The summed E-state index contributed by atoms with van der Waals surface area (Å²) in [6, 6.07) is 4.31. The normalized spacial score (nSPS) is 17.1. The van der Waals surface area contributed by atoms with E-state index in [-0.39, 0.29) is 16.9 Å². The fourth-order valence-electron chi connectivity index (χ4n) is 1.89. The third-order valence-corrected chi connectivity index (χ3v) is 2.55. The van der Waals surface area contributed by atoms with Crippen molar-refractivity contribution in [3.8, 4) is 5.75 Å². The van der Waals surface area contributed by atoms with E-state index in [2.05, 4.69) is 0 Å². The van der Waals surface area contributed by atoms with Gasteiger partial charge >= 0.3 is 11.9 Å². The Morgan fingerprint density at radius 2 is 1.74 bits per heavy atom. The second-order valence-corrected chi connectivity index (χ2v) is 3.99. The fraction of sp³-hybridized carbons (Fsp3) is 0.231. The van der Waals surface area contributed by atoms with E-state index in [9.17, 15) is 19.2 Å². The molecule has 0 saturated heterocycles. The van der Waals surface area contributed by atoms with Crippen LogP contribution in [-0.4, -0.2) is 29.6 Å². The number of carbonyl (C=O) groups is 4. The maximum atomic E-state index is 12.1.